The molecule has 4 nitrogen and oxygen atoms in total. The Morgan fingerprint density at radius 2 is 2.05 bits per heavy atom. The molecule has 1 unspecified atom stereocenters. The third-order valence-corrected chi connectivity index (χ3v) is 3.74. The van der Waals surface area contributed by atoms with Crippen LogP contribution in [-0.2, 0) is 13.0 Å². The minimum Gasteiger partial charge on any atom is -0.314 e. The van der Waals surface area contributed by atoms with Crippen LogP contribution in [0.4, 0.5) is 0 Å². The van der Waals surface area contributed by atoms with Gasteiger partial charge in [-0.1, -0.05) is 20.8 Å². The number of hydrogen-bond acceptors (Lipinski definition) is 3. The standard InChI is InChI=1S/C14H27BrN4/c1-11(2)16-9-12(3)8-14-13(15)10-17-19(14)7-6-18(4)5/h10-12,16H,6-9H2,1-5H3. The summed E-state index contributed by atoms with van der Waals surface area (Å²) in [5.74, 6) is 0.605. The van der Waals surface area contributed by atoms with Gasteiger partial charge in [-0.15, -0.1) is 0 Å². The van der Waals surface area contributed by atoms with Crippen molar-refractivity contribution in [3.05, 3.63) is 16.4 Å². The van der Waals surface area contributed by atoms with Crippen molar-refractivity contribution in [2.24, 2.45) is 5.92 Å². The Hall–Kier alpha value is -0.390. The van der Waals surface area contributed by atoms with Crippen LogP contribution >= 0.6 is 15.9 Å². The van der Waals surface area contributed by atoms with Crippen molar-refractivity contribution >= 4 is 15.9 Å². The maximum absolute atomic E-state index is 4.46. The van der Waals surface area contributed by atoms with Crippen molar-refractivity contribution in [2.75, 3.05) is 27.2 Å². The summed E-state index contributed by atoms with van der Waals surface area (Å²) < 4.78 is 3.25. The van der Waals surface area contributed by atoms with Gasteiger partial charge in [-0.3, -0.25) is 4.68 Å². The highest BCUT2D eigenvalue weighted by Gasteiger charge is 2.13. The summed E-state index contributed by atoms with van der Waals surface area (Å²) in [5.41, 5.74) is 1.31. The number of aromatic nitrogens is 2. The normalized spacial score (nSPS) is 13.5. The summed E-state index contributed by atoms with van der Waals surface area (Å²) in [6, 6.07) is 0.546. The van der Waals surface area contributed by atoms with Gasteiger partial charge < -0.3 is 10.2 Å². The average Bonchev–Trinajstić information content (AvgIpc) is 2.66. The van der Waals surface area contributed by atoms with Crippen molar-refractivity contribution < 1.29 is 0 Å². The average molecular weight is 331 g/mol. The molecule has 0 aliphatic rings. The van der Waals surface area contributed by atoms with Crippen molar-refractivity contribution in [2.45, 2.75) is 39.8 Å². The van der Waals surface area contributed by atoms with Gasteiger partial charge in [-0.2, -0.15) is 5.10 Å². The highest BCUT2D eigenvalue weighted by molar-refractivity contribution is 9.10. The molecule has 1 N–H and O–H groups in total. The topological polar surface area (TPSA) is 33.1 Å². The van der Waals surface area contributed by atoms with Gasteiger partial charge in [0.2, 0.25) is 0 Å². The Labute approximate surface area is 125 Å². The maximum atomic E-state index is 4.46. The van der Waals surface area contributed by atoms with Crippen LogP contribution in [-0.4, -0.2) is 47.9 Å². The third-order valence-electron chi connectivity index (χ3n) is 3.07. The van der Waals surface area contributed by atoms with E-state index in [2.05, 4.69) is 70.8 Å². The number of hydrogen-bond donors (Lipinski definition) is 1. The van der Waals surface area contributed by atoms with E-state index < -0.39 is 0 Å². The zero-order valence-corrected chi connectivity index (χ0v) is 14.4. The summed E-state index contributed by atoms with van der Waals surface area (Å²) in [6.45, 7) is 9.65. The Morgan fingerprint density at radius 3 is 2.63 bits per heavy atom. The summed E-state index contributed by atoms with van der Waals surface area (Å²) in [6.07, 6.45) is 2.96. The first-order valence-electron chi connectivity index (χ1n) is 6.98. The summed E-state index contributed by atoms with van der Waals surface area (Å²) in [5, 5.41) is 7.95. The molecule has 1 aromatic rings. The Morgan fingerprint density at radius 1 is 1.37 bits per heavy atom. The molecule has 0 aliphatic heterocycles. The summed E-state index contributed by atoms with van der Waals surface area (Å²) in [4.78, 5) is 2.18. The van der Waals surface area contributed by atoms with Crippen LogP contribution in [0.25, 0.3) is 0 Å². The predicted molar refractivity (Wildman–Crippen MR) is 84.5 cm³/mol. The van der Waals surface area contributed by atoms with Gasteiger partial charge >= 0.3 is 0 Å². The highest BCUT2D eigenvalue weighted by atomic mass is 79.9. The van der Waals surface area contributed by atoms with E-state index in [4.69, 9.17) is 0 Å². The predicted octanol–water partition coefficient (Wildman–Crippen LogP) is 2.38. The molecule has 19 heavy (non-hydrogen) atoms. The molecular weight excluding hydrogens is 304 g/mol. The second-order valence-electron chi connectivity index (χ2n) is 5.84. The van der Waals surface area contributed by atoms with Gasteiger partial charge in [-0.05, 0) is 48.9 Å². The number of nitrogens with zero attached hydrogens (tertiary/aromatic N) is 3. The lowest BCUT2D eigenvalue weighted by molar-refractivity contribution is 0.365. The lowest BCUT2D eigenvalue weighted by Gasteiger charge is -2.17. The van der Waals surface area contributed by atoms with Crippen molar-refractivity contribution in [3.63, 3.8) is 0 Å². The maximum Gasteiger partial charge on any atom is 0.0635 e. The molecule has 5 heteroatoms. The van der Waals surface area contributed by atoms with Crippen LogP contribution in [0, 0.1) is 5.92 Å². The Balaban J connectivity index is 2.58. The molecule has 1 aromatic heterocycles. The van der Waals surface area contributed by atoms with Gasteiger partial charge in [0, 0.05) is 12.6 Å². The number of nitrogens with one attached hydrogen (secondary N) is 1. The van der Waals surface area contributed by atoms with Gasteiger partial charge in [0.05, 0.1) is 22.9 Å². The lowest BCUT2D eigenvalue weighted by atomic mass is 10.1. The number of rotatable bonds is 8. The van der Waals surface area contributed by atoms with E-state index in [0.717, 1.165) is 30.5 Å². The van der Waals surface area contributed by atoms with Crippen LogP contribution in [0.15, 0.2) is 10.7 Å². The van der Waals surface area contributed by atoms with E-state index in [0.29, 0.717) is 12.0 Å². The molecule has 1 rings (SSSR count). The molecular formula is C14H27BrN4. The zero-order valence-electron chi connectivity index (χ0n) is 12.8. The molecule has 1 atom stereocenters. The van der Waals surface area contributed by atoms with Crippen LogP contribution < -0.4 is 5.32 Å². The molecule has 0 aromatic carbocycles. The molecule has 0 saturated heterocycles. The summed E-state index contributed by atoms with van der Waals surface area (Å²) >= 11 is 3.62. The van der Waals surface area contributed by atoms with E-state index in [1.54, 1.807) is 0 Å². The van der Waals surface area contributed by atoms with E-state index >= 15 is 0 Å². The fraction of sp³-hybridized carbons (Fsp3) is 0.786. The first kappa shape index (κ1) is 16.7. The van der Waals surface area contributed by atoms with E-state index in [1.165, 1.54) is 5.69 Å². The molecule has 0 aliphatic carbocycles. The molecule has 110 valence electrons. The Kier molecular flexibility index (Phi) is 7.04. The smallest absolute Gasteiger partial charge is 0.0635 e. The van der Waals surface area contributed by atoms with Crippen LogP contribution in [0.1, 0.15) is 26.5 Å². The molecule has 0 fully saturated rings. The molecule has 0 spiro atoms. The van der Waals surface area contributed by atoms with Crippen LogP contribution in [0.3, 0.4) is 0 Å². The van der Waals surface area contributed by atoms with Crippen molar-refractivity contribution in [1.29, 1.82) is 0 Å². The zero-order chi connectivity index (χ0) is 14.4. The van der Waals surface area contributed by atoms with Gasteiger partial charge in [0.1, 0.15) is 0 Å². The monoisotopic (exact) mass is 330 g/mol. The minimum absolute atomic E-state index is 0.546. The van der Waals surface area contributed by atoms with E-state index in [-0.39, 0.29) is 0 Å². The molecule has 0 bridgehead atoms. The second kappa shape index (κ2) is 8.02. The van der Waals surface area contributed by atoms with Crippen LogP contribution in [0.5, 0.6) is 0 Å². The minimum atomic E-state index is 0.546. The van der Waals surface area contributed by atoms with Crippen molar-refractivity contribution in [3.8, 4) is 0 Å². The Bertz CT molecular complexity index is 374. The highest BCUT2D eigenvalue weighted by Crippen LogP contribution is 2.19. The first-order valence-corrected chi connectivity index (χ1v) is 7.77. The van der Waals surface area contributed by atoms with Gasteiger partial charge in [-0.25, -0.2) is 0 Å². The molecule has 0 radical (unpaired) electrons. The van der Waals surface area contributed by atoms with Gasteiger partial charge in [0.25, 0.3) is 0 Å². The van der Waals surface area contributed by atoms with E-state index in [1.807, 2.05) is 6.20 Å². The quantitative estimate of drug-likeness (QED) is 0.794. The number of halogens is 1. The lowest BCUT2D eigenvalue weighted by Crippen LogP contribution is -2.29. The number of likely N-dealkylation sites (N-methyl/N-ethyl adjacent to an activating group) is 1. The van der Waals surface area contributed by atoms with Gasteiger partial charge in [0.15, 0.2) is 0 Å². The molecule has 1 heterocycles. The third kappa shape index (κ3) is 6.06. The largest absolute Gasteiger partial charge is 0.314 e. The fourth-order valence-corrected chi connectivity index (χ4v) is 2.38. The molecule has 0 amide bonds. The first-order chi connectivity index (χ1) is 8.90. The SMILES string of the molecule is CC(CNC(C)C)Cc1c(Br)cnn1CCN(C)C. The van der Waals surface area contributed by atoms with Crippen molar-refractivity contribution in [1.82, 2.24) is 20.0 Å². The molecule has 0 saturated carbocycles. The summed E-state index contributed by atoms with van der Waals surface area (Å²) in [7, 11) is 4.18. The van der Waals surface area contributed by atoms with Crippen LogP contribution in [0.2, 0.25) is 0 Å². The van der Waals surface area contributed by atoms with E-state index in [9.17, 15) is 0 Å². The fourth-order valence-electron chi connectivity index (χ4n) is 1.92. The second-order valence-corrected chi connectivity index (χ2v) is 6.69.